The Balaban J connectivity index is 1.19. The Morgan fingerprint density at radius 2 is 0.885 bits per heavy atom. The van der Waals surface area contributed by atoms with Crippen LogP contribution in [0.1, 0.15) is 0 Å². The molecule has 52 heavy (non-hydrogen) atoms. The van der Waals surface area contributed by atoms with Crippen molar-refractivity contribution >= 4 is 21.9 Å². The molecule has 0 aliphatic carbocycles. The standard InChI is InChI=1S/C39H36O13/c1-43-32-13-21(14-33(44-2)38(32)47-5)30-17-24(41)36-26(9-7-11-28(36)51-30)49-19-23(40)20-50-27-10-8-12-29-37(27)25(42)18-31(52-29)22-15-34(45-3)39(48-6)35(16-22)46-4/h7-18,23,40H,19-20H2,1-6H3. The van der Waals surface area contributed by atoms with E-state index in [2.05, 4.69) is 0 Å². The summed E-state index contributed by atoms with van der Waals surface area (Å²) in [5, 5.41) is 11.2. The molecule has 0 spiro atoms. The van der Waals surface area contributed by atoms with Crippen LogP contribution < -0.4 is 48.8 Å². The highest BCUT2D eigenvalue weighted by atomic mass is 16.5. The maximum Gasteiger partial charge on any atom is 0.203 e. The molecule has 0 aliphatic heterocycles. The summed E-state index contributed by atoms with van der Waals surface area (Å²) in [6.07, 6.45) is -1.14. The first-order valence-electron chi connectivity index (χ1n) is 15.9. The van der Waals surface area contributed by atoms with Gasteiger partial charge in [-0.05, 0) is 48.5 Å². The number of rotatable bonds is 14. The minimum atomic E-state index is -1.14. The van der Waals surface area contributed by atoms with Crippen molar-refractivity contribution in [3.8, 4) is 68.6 Å². The van der Waals surface area contributed by atoms with E-state index in [1.165, 1.54) is 54.8 Å². The lowest BCUT2D eigenvalue weighted by Crippen LogP contribution is -2.25. The van der Waals surface area contributed by atoms with Gasteiger partial charge in [0.25, 0.3) is 0 Å². The average molecular weight is 713 g/mol. The highest BCUT2D eigenvalue weighted by Gasteiger charge is 2.20. The van der Waals surface area contributed by atoms with Gasteiger partial charge < -0.3 is 51.8 Å². The molecule has 13 heteroatoms. The first-order valence-corrected chi connectivity index (χ1v) is 15.9. The van der Waals surface area contributed by atoms with Gasteiger partial charge in [0.05, 0.1) is 42.7 Å². The highest BCUT2D eigenvalue weighted by Crippen LogP contribution is 2.43. The zero-order chi connectivity index (χ0) is 36.9. The third-order valence-corrected chi connectivity index (χ3v) is 8.19. The summed E-state index contributed by atoms with van der Waals surface area (Å²) in [5.74, 6) is 3.39. The van der Waals surface area contributed by atoms with Gasteiger partial charge in [-0.3, -0.25) is 9.59 Å². The molecule has 0 unspecified atom stereocenters. The molecule has 4 aromatic carbocycles. The van der Waals surface area contributed by atoms with Crippen LogP contribution in [0.2, 0.25) is 0 Å². The van der Waals surface area contributed by atoms with E-state index in [0.717, 1.165) is 0 Å². The van der Waals surface area contributed by atoms with E-state index in [0.29, 0.717) is 45.6 Å². The maximum absolute atomic E-state index is 13.4. The van der Waals surface area contributed by atoms with Crippen molar-refractivity contribution in [3.05, 3.63) is 93.2 Å². The van der Waals surface area contributed by atoms with Crippen LogP contribution in [0.5, 0.6) is 46.0 Å². The Bertz CT molecular complexity index is 2140. The molecule has 0 saturated carbocycles. The molecule has 2 heterocycles. The molecule has 6 aromatic rings. The van der Waals surface area contributed by atoms with E-state index < -0.39 is 6.10 Å². The van der Waals surface area contributed by atoms with E-state index >= 15 is 0 Å². The lowest BCUT2D eigenvalue weighted by Gasteiger charge is -2.16. The lowest BCUT2D eigenvalue weighted by atomic mass is 10.1. The van der Waals surface area contributed by atoms with Gasteiger partial charge in [0.2, 0.25) is 11.5 Å². The van der Waals surface area contributed by atoms with Gasteiger partial charge in [-0.15, -0.1) is 0 Å². The Kier molecular flexibility index (Phi) is 10.4. The third-order valence-electron chi connectivity index (χ3n) is 8.19. The summed E-state index contributed by atoms with van der Waals surface area (Å²) in [7, 11) is 8.98. The fraction of sp³-hybridized carbons (Fsp3) is 0.231. The molecule has 0 atom stereocenters. The van der Waals surface area contributed by atoms with Crippen LogP contribution in [0, 0.1) is 0 Å². The van der Waals surface area contributed by atoms with Crippen LogP contribution in [0.25, 0.3) is 44.6 Å². The molecule has 1 N–H and O–H groups in total. The van der Waals surface area contributed by atoms with Gasteiger partial charge in [-0.2, -0.15) is 0 Å². The zero-order valence-electron chi connectivity index (χ0n) is 29.3. The van der Waals surface area contributed by atoms with Crippen molar-refractivity contribution in [1.29, 1.82) is 0 Å². The largest absolute Gasteiger partial charge is 0.493 e. The maximum atomic E-state index is 13.4. The molecule has 0 fully saturated rings. The van der Waals surface area contributed by atoms with E-state index in [1.807, 2.05) is 0 Å². The van der Waals surface area contributed by atoms with Gasteiger partial charge in [0.15, 0.2) is 33.9 Å². The minimum Gasteiger partial charge on any atom is -0.493 e. The van der Waals surface area contributed by atoms with Crippen molar-refractivity contribution in [2.75, 3.05) is 55.9 Å². The monoisotopic (exact) mass is 712 g/mol. The Labute approximate surface area is 297 Å². The van der Waals surface area contributed by atoms with E-state index in [1.54, 1.807) is 60.7 Å². The highest BCUT2D eigenvalue weighted by molar-refractivity contribution is 5.86. The number of hydrogen-bond donors (Lipinski definition) is 1. The average Bonchev–Trinajstić information content (AvgIpc) is 3.17. The number of aliphatic hydroxyl groups excluding tert-OH is 1. The first-order chi connectivity index (χ1) is 25.2. The van der Waals surface area contributed by atoms with Crippen LogP contribution in [-0.4, -0.2) is 67.1 Å². The summed E-state index contributed by atoms with van der Waals surface area (Å²) in [4.78, 5) is 26.7. The number of benzene rings is 4. The van der Waals surface area contributed by atoms with Crippen molar-refractivity contribution in [3.63, 3.8) is 0 Å². The third kappa shape index (κ3) is 6.86. The molecule has 0 saturated heterocycles. The van der Waals surface area contributed by atoms with E-state index in [9.17, 15) is 14.7 Å². The number of fused-ring (bicyclic) bond motifs is 2. The molecule has 270 valence electrons. The predicted molar refractivity (Wildman–Crippen MR) is 192 cm³/mol. The van der Waals surface area contributed by atoms with Gasteiger partial charge in [0, 0.05) is 23.3 Å². The zero-order valence-corrected chi connectivity index (χ0v) is 29.3. The summed E-state index contributed by atoms with van der Waals surface area (Å²) in [5.41, 5.74) is 0.889. The van der Waals surface area contributed by atoms with Crippen molar-refractivity contribution in [1.82, 2.24) is 0 Å². The van der Waals surface area contributed by atoms with Gasteiger partial charge >= 0.3 is 0 Å². The van der Waals surface area contributed by atoms with Crippen molar-refractivity contribution in [2.45, 2.75) is 6.10 Å². The second-order valence-electron chi connectivity index (χ2n) is 11.3. The summed E-state index contributed by atoms with van der Waals surface area (Å²) >= 11 is 0. The SMILES string of the molecule is COc1cc(-c2cc(=O)c3c(OCC(O)COc4cccc5oc(-c6cc(OC)c(OC)c(OC)c6)cc(=O)c45)cccc3o2)cc(OC)c1OC. The number of methoxy groups -OCH3 is 6. The predicted octanol–water partition coefficient (Wildman–Crippen LogP) is 6.10. The summed E-state index contributed by atoms with van der Waals surface area (Å²) < 4.78 is 56.5. The molecule has 0 radical (unpaired) electrons. The normalized spacial score (nSPS) is 11.1. The summed E-state index contributed by atoms with van der Waals surface area (Å²) in [6, 6.07) is 19.2. The Hall–Kier alpha value is -6.34. The molecule has 0 amide bonds. The Morgan fingerprint density at radius 3 is 1.21 bits per heavy atom. The quantitative estimate of drug-likeness (QED) is 0.138. The second-order valence-corrected chi connectivity index (χ2v) is 11.3. The topological polar surface area (TPSA) is 154 Å². The molecule has 0 aliphatic rings. The number of aliphatic hydroxyl groups is 1. The molecular weight excluding hydrogens is 676 g/mol. The van der Waals surface area contributed by atoms with Crippen molar-refractivity contribution < 1.29 is 51.8 Å². The molecule has 2 aromatic heterocycles. The van der Waals surface area contributed by atoms with Gasteiger partial charge in [-0.25, -0.2) is 0 Å². The Morgan fingerprint density at radius 1 is 0.519 bits per heavy atom. The van der Waals surface area contributed by atoms with E-state index in [-0.39, 0.29) is 69.0 Å². The fourth-order valence-electron chi connectivity index (χ4n) is 5.75. The minimum absolute atomic E-state index is 0.196. The van der Waals surface area contributed by atoms with Gasteiger partial charge in [-0.1, -0.05) is 12.1 Å². The van der Waals surface area contributed by atoms with Crippen LogP contribution in [0.3, 0.4) is 0 Å². The smallest absolute Gasteiger partial charge is 0.203 e. The van der Waals surface area contributed by atoms with Crippen LogP contribution in [0.4, 0.5) is 0 Å². The van der Waals surface area contributed by atoms with Crippen molar-refractivity contribution in [2.24, 2.45) is 0 Å². The number of hydrogen-bond acceptors (Lipinski definition) is 13. The van der Waals surface area contributed by atoms with Crippen LogP contribution in [0.15, 0.2) is 91.2 Å². The molecular formula is C39H36O13. The summed E-state index contributed by atoms with van der Waals surface area (Å²) in [6.45, 7) is -0.449. The molecule has 0 bridgehead atoms. The fourth-order valence-corrected chi connectivity index (χ4v) is 5.75. The van der Waals surface area contributed by atoms with Gasteiger partial charge in [0.1, 0.15) is 64.3 Å². The van der Waals surface area contributed by atoms with Crippen LogP contribution >= 0.6 is 0 Å². The number of ether oxygens (including phenoxy) is 8. The first kappa shape index (κ1) is 35.5. The molecule has 6 rings (SSSR count). The van der Waals surface area contributed by atoms with E-state index in [4.69, 9.17) is 46.7 Å². The second kappa shape index (κ2) is 15.3. The molecule has 13 nitrogen and oxygen atoms in total. The van der Waals surface area contributed by atoms with Crippen LogP contribution in [-0.2, 0) is 0 Å². The lowest BCUT2D eigenvalue weighted by molar-refractivity contribution is 0.0636.